The van der Waals surface area contributed by atoms with E-state index in [1.807, 2.05) is 50.2 Å². The van der Waals surface area contributed by atoms with Crippen LogP contribution in [-0.4, -0.2) is 32.3 Å². The van der Waals surface area contributed by atoms with Gasteiger partial charge in [-0.2, -0.15) is 5.26 Å². The molecule has 1 aromatic carbocycles. The van der Waals surface area contributed by atoms with Crippen LogP contribution in [0.3, 0.4) is 0 Å². The summed E-state index contributed by atoms with van der Waals surface area (Å²) in [5.41, 5.74) is 0.638. The SMILES string of the molecule is CC(C)NC(C)(C#N)CCCOc1cccc(N(C)C)c1. The van der Waals surface area contributed by atoms with Crippen LogP contribution in [0.2, 0.25) is 0 Å². The van der Waals surface area contributed by atoms with Crippen LogP contribution in [0, 0.1) is 11.3 Å². The second-order valence-corrected chi connectivity index (χ2v) is 6.09. The second kappa shape index (κ2) is 7.90. The summed E-state index contributed by atoms with van der Waals surface area (Å²) in [6.07, 6.45) is 1.62. The van der Waals surface area contributed by atoms with Crippen LogP contribution in [-0.2, 0) is 0 Å². The maximum Gasteiger partial charge on any atom is 0.121 e. The average molecular weight is 289 g/mol. The van der Waals surface area contributed by atoms with Crippen LogP contribution in [0.1, 0.15) is 33.6 Å². The maximum atomic E-state index is 9.29. The Kier molecular flexibility index (Phi) is 6.51. The summed E-state index contributed by atoms with van der Waals surface area (Å²) in [5, 5.41) is 12.6. The molecule has 4 heteroatoms. The predicted octanol–water partition coefficient (Wildman–Crippen LogP) is 3.19. The van der Waals surface area contributed by atoms with Crippen molar-refractivity contribution in [2.75, 3.05) is 25.6 Å². The Morgan fingerprint density at radius 1 is 1.38 bits per heavy atom. The number of benzene rings is 1. The summed E-state index contributed by atoms with van der Waals surface area (Å²) in [5.74, 6) is 0.872. The molecule has 0 spiro atoms. The molecule has 1 aromatic rings. The number of nitrogens with zero attached hydrogens (tertiary/aromatic N) is 2. The first-order valence-electron chi connectivity index (χ1n) is 7.45. The molecule has 1 rings (SSSR count). The predicted molar refractivity (Wildman–Crippen MR) is 87.8 cm³/mol. The third kappa shape index (κ3) is 6.05. The molecule has 0 fully saturated rings. The molecule has 1 unspecified atom stereocenters. The maximum absolute atomic E-state index is 9.29. The Bertz CT molecular complexity index is 479. The molecule has 4 nitrogen and oxygen atoms in total. The van der Waals surface area contributed by atoms with Gasteiger partial charge in [-0.1, -0.05) is 6.07 Å². The lowest BCUT2D eigenvalue weighted by molar-refractivity contribution is 0.280. The third-order valence-corrected chi connectivity index (χ3v) is 3.28. The van der Waals surface area contributed by atoms with Gasteiger partial charge in [0, 0.05) is 31.9 Å². The Morgan fingerprint density at radius 3 is 2.67 bits per heavy atom. The zero-order chi connectivity index (χ0) is 15.9. The number of nitrogens with one attached hydrogen (secondary N) is 1. The quantitative estimate of drug-likeness (QED) is 0.747. The lowest BCUT2D eigenvalue weighted by Gasteiger charge is -2.25. The van der Waals surface area contributed by atoms with Gasteiger partial charge < -0.3 is 9.64 Å². The van der Waals surface area contributed by atoms with Crippen LogP contribution in [0.25, 0.3) is 0 Å². The van der Waals surface area contributed by atoms with Crippen LogP contribution < -0.4 is 15.0 Å². The molecule has 1 N–H and O–H groups in total. The first-order valence-corrected chi connectivity index (χ1v) is 7.45. The van der Waals surface area contributed by atoms with Crippen molar-refractivity contribution in [1.29, 1.82) is 5.26 Å². The van der Waals surface area contributed by atoms with Crippen molar-refractivity contribution in [2.24, 2.45) is 0 Å². The molecule has 0 heterocycles. The van der Waals surface area contributed by atoms with Gasteiger partial charge in [0.2, 0.25) is 0 Å². The van der Waals surface area contributed by atoms with E-state index in [-0.39, 0.29) is 0 Å². The lowest BCUT2D eigenvalue weighted by Crippen LogP contribution is -2.45. The summed E-state index contributed by atoms with van der Waals surface area (Å²) < 4.78 is 5.78. The Labute approximate surface area is 128 Å². The fraction of sp³-hybridized carbons (Fsp3) is 0.588. The largest absolute Gasteiger partial charge is 0.494 e. The van der Waals surface area contributed by atoms with E-state index in [1.165, 1.54) is 0 Å². The van der Waals surface area contributed by atoms with Gasteiger partial charge in [0.1, 0.15) is 11.3 Å². The van der Waals surface area contributed by atoms with Gasteiger partial charge >= 0.3 is 0 Å². The summed E-state index contributed by atoms with van der Waals surface area (Å²) in [6, 6.07) is 10.7. The highest BCUT2D eigenvalue weighted by atomic mass is 16.5. The van der Waals surface area contributed by atoms with Crippen molar-refractivity contribution in [3.63, 3.8) is 0 Å². The van der Waals surface area contributed by atoms with Gasteiger partial charge in [-0.25, -0.2) is 0 Å². The van der Waals surface area contributed by atoms with E-state index >= 15 is 0 Å². The van der Waals surface area contributed by atoms with Gasteiger partial charge in [0.05, 0.1) is 12.7 Å². The fourth-order valence-corrected chi connectivity index (χ4v) is 2.26. The molecular formula is C17H27N3O. The summed E-state index contributed by atoms with van der Waals surface area (Å²) >= 11 is 0. The zero-order valence-corrected chi connectivity index (χ0v) is 13.8. The topological polar surface area (TPSA) is 48.3 Å². The first-order chi connectivity index (χ1) is 9.86. The van der Waals surface area contributed by atoms with Gasteiger partial charge in [-0.15, -0.1) is 0 Å². The standard InChI is InChI=1S/C17H27N3O/c1-14(2)19-17(3,13-18)10-7-11-21-16-9-6-8-15(12-16)20(4)5/h6,8-9,12,14,19H,7,10-11H2,1-5H3. The van der Waals surface area contributed by atoms with Crippen molar-refractivity contribution in [3.05, 3.63) is 24.3 Å². The van der Waals surface area contributed by atoms with E-state index in [2.05, 4.69) is 25.2 Å². The normalized spacial score (nSPS) is 13.6. The van der Waals surface area contributed by atoms with Crippen LogP contribution in [0.15, 0.2) is 24.3 Å². The molecule has 0 aliphatic heterocycles. The Hall–Kier alpha value is -1.73. The average Bonchev–Trinajstić information content (AvgIpc) is 2.43. The number of anilines is 1. The van der Waals surface area contributed by atoms with Crippen molar-refractivity contribution in [1.82, 2.24) is 5.32 Å². The minimum Gasteiger partial charge on any atom is -0.494 e. The number of nitriles is 1. The highest BCUT2D eigenvalue weighted by Gasteiger charge is 2.23. The smallest absolute Gasteiger partial charge is 0.121 e. The highest BCUT2D eigenvalue weighted by Crippen LogP contribution is 2.20. The van der Waals surface area contributed by atoms with Crippen molar-refractivity contribution in [2.45, 2.75) is 45.2 Å². The third-order valence-electron chi connectivity index (χ3n) is 3.28. The van der Waals surface area contributed by atoms with E-state index in [1.54, 1.807) is 0 Å². The first kappa shape index (κ1) is 17.3. The molecule has 0 aromatic heterocycles. The monoisotopic (exact) mass is 289 g/mol. The molecule has 0 radical (unpaired) electrons. The van der Waals surface area contributed by atoms with Crippen LogP contribution in [0.4, 0.5) is 5.69 Å². The molecular weight excluding hydrogens is 262 g/mol. The summed E-state index contributed by atoms with van der Waals surface area (Å²) in [4.78, 5) is 2.05. The minimum absolute atomic E-state index is 0.298. The highest BCUT2D eigenvalue weighted by molar-refractivity contribution is 5.49. The Balaban J connectivity index is 2.43. The van der Waals surface area contributed by atoms with Gasteiger partial charge in [-0.3, -0.25) is 5.32 Å². The molecule has 21 heavy (non-hydrogen) atoms. The molecule has 0 amide bonds. The van der Waals surface area contributed by atoms with Gasteiger partial charge in [0.25, 0.3) is 0 Å². The van der Waals surface area contributed by atoms with E-state index in [4.69, 9.17) is 4.74 Å². The summed E-state index contributed by atoms with van der Waals surface area (Å²) in [7, 11) is 4.02. The molecule has 0 saturated heterocycles. The van der Waals surface area contributed by atoms with Crippen molar-refractivity contribution in [3.8, 4) is 11.8 Å². The molecule has 0 saturated carbocycles. The number of hydrogen-bond acceptors (Lipinski definition) is 4. The van der Waals surface area contributed by atoms with E-state index in [9.17, 15) is 5.26 Å². The van der Waals surface area contributed by atoms with E-state index < -0.39 is 5.54 Å². The van der Waals surface area contributed by atoms with Crippen molar-refractivity contribution < 1.29 is 4.74 Å². The molecule has 0 aliphatic rings. The second-order valence-electron chi connectivity index (χ2n) is 6.09. The Morgan fingerprint density at radius 2 is 2.10 bits per heavy atom. The van der Waals surface area contributed by atoms with Gasteiger partial charge in [0.15, 0.2) is 0 Å². The molecule has 0 bridgehead atoms. The number of ether oxygens (including phenoxy) is 1. The van der Waals surface area contributed by atoms with Crippen LogP contribution in [0.5, 0.6) is 5.75 Å². The van der Waals surface area contributed by atoms with Crippen LogP contribution >= 0.6 is 0 Å². The summed E-state index contributed by atoms with van der Waals surface area (Å²) in [6.45, 7) is 6.67. The van der Waals surface area contributed by atoms with E-state index in [0.29, 0.717) is 12.6 Å². The molecule has 1 atom stereocenters. The number of rotatable bonds is 8. The molecule has 0 aliphatic carbocycles. The lowest BCUT2D eigenvalue weighted by atomic mass is 9.97. The fourth-order valence-electron chi connectivity index (χ4n) is 2.26. The number of hydrogen-bond donors (Lipinski definition) is 1. The van der Waals surface area contributed by atoms with Gasteiger partial charge in [-0.05, 0) is 45.7 Å². The van der Waals surface area contributed by atoms with E-state index in [0.717, 1.165) is 24.3 Å². The zero-order valence-electron chi connectivity index (χ0n) is 13.8. The minimum atomic E-state index is -0.483. The van der Waals surface area contributed by atoms with Crippen molar-refractivity contribution >= 4 is 5.69 Å². The molecule has 116 valence electrons.